The Morgan fingerprint density at radius 3 is 2.42 bits per heavy atom. The molecule has 1 aromatic rings. The number of carbonyl (C=O) groups is 2. The van der Waals surface area contributed by atoms with Crippen molar-refractivity contribution in [3.8, 4) is 0 Å². The quantitative estimate of drug-likeness (QED) is 0.791. The Morgan fingerprint density at radius 2 is 1.85 bits per heavy atom. The molecule has 1 fully saturated rings. The number of nitrogens with one attached hydrogen (secondary N) is 1. The Labute approximate surface area is 152 Å². The minimum Gasteiger partial charge on any atom is -0.369 e. The molecule has 3 amide bonds. The number of primary amides is 1. The van der Waals surface area contributed by atoms with Crippen LogP contribution in [-0.4, -0.2) is 53.0 Å². The summed E-state index contributed by atoms with van der Waals surface area (Å²) >= 11 is 0. The first kappa shape index (κ1) is 18.2. The molecule has 2 aliphatic heterocycles. The van der Waals surface area contributed by atoms with Crippen molar-refractivity contribution in [2.45, 2.75) is 32.4 Å². The van der Waals surface area contributed by atoms with Gasteiger partial charge in [0.15, 0.2) is 5.95 Å². The Bertz CT molecular complexity index is 742. The van der Waals surface area contributed by atoms with E-state index in [9.17, 15) is 9.59 Å². The third-order valence-corrected chi connectivity index (χ3v) is 4.75. The first-order valence-electron chi connectivity index (χ1n) is 8.77. The normalized spacial score (nSPS) is 23.1. The molecule has 2 heterocycles. The molecule has 140 valence electrons. The predicted octanol–water partition coefficient (Wildman–Crippen LogP) is 1.93. The molecule has 3 rings (SSSR count). The molecule has 0 aliphatic carbocycles. The van der Waals surface area contributed by atoms with Gasteiger partial charge in [0.2, 0.25) is 5.91 Å². The summed E-state index contributed by atoms with van der Waals surface area (Å²) in [5.74, 6) is -1.78. The number of halogens is 1. The highest BCUT2D eigenvalue weighted by Gasteiger charge is 2.48. The monoisotopic (exact) mass is 360 g/mol. The molecule has 26 heavy (non-hydrogen) atoms. The number of amides is 3. The van der Waals surface area contributed by atoms with Gasteiger partial charge in [0.05, 0.1) is 12.0 Å². The van der Waals surface area contributed by atoms with Crippen LogP contribution in [-0.2, 0) is 4.79 Å². The lowest BCUT2D eigenvalue weighted by Crippen LogP contribution is -2.59. The fourth-order valence-corrected chi connectivity index (χ4v) is 3.65. The van der Waals surface area contributed by atoms with Crippen LogP contribution in [0.4, 0.5) is 9.18 Å². The summed E-state index contributed by atoms with van der Waals surface area (Å²) in [6.45, 7) is 6.67. The molecular formula is C19H25FN4O2. The van der Waals surface area contributed by atoms with E-state index in [1.54, 1.807) is 34.1 Å². The van der Waals surface area contributed by atoms with Crippen LogP contribution in [0.1, 0.15) is 26.3 Å². The Morgan fingerprint density at radius 1 is 1.19 bits per heavy atom. The fraction of sp³-hybridized carbons (Fsp3) is 0.474. The van der Waals surface area contributed by atoms with E-state index in [4.69, 9.17) is 5.73 Å². The van der Waals surface area contributed by atoms with Gasteiger partial charge in [0.1, 0.15) is 0 Å². The van der Waals surface area contributed by atoms with Gasteiger partial charge < -0.3 is 20.9 Å². The van der Waals surface area contributed by atoms with Crippen molar-refractivity contribution in [1.29, 1.82) is 0 Å². The minimum atomic E-state index is -0.789. The fourth-order valence-electron chi connectivity index (χ4n) is 3.65. The summed E-state index contributed by atoms with van der Waals surface area (Å²) in [5, 5.41) is 2.91. The third-order valence-electron chi connectivity index (χ3n) is 4.75. The zero-order valence-corrected chi connectivity index (χ0v) is 15.3. The SMILES string of the molecule is CC(C)(C)NC(=O)N1CCN2C(F)=C(c3ccccc3)C(C(N)=O)C2C1. The Kier molecular flexibility index (Phi) is 4.64. The molecule has 1 saturated heterocycles. The maximum absolute atomic E-state index is 15.1. The van der Waals surface area contributed by atoms with E-state index < -0.39 is 23.8 Å². The Balaban J connectivity index is 1.87. The van der Waals surface area contributed by atoms with Crippen LogP contribution >= 0.6 is 0 Å². The topological polar surface area (TPSA) is 78.7 Å². The average molecular weight is 360 g/mol. The van der Waals surface area contributed by atoms with Crippen LogP contribution in [0.2, 0.25) is 0 Å². The highest BCUT2D eigenvalue weighted by Crippen LogP contribution is 2.42. The number of hydrogen-bond acceptors (Lipinski definition) is 3. The predicted molar refractivity (Wildman–Crippen MR) is 97.5 cm³/mol. The lowest BCUT2D eigenvalue weighted by molar-refractivity contribution is -0.121. The molecule has 0 aromatic heterocycles. The van der Waals surface area contributed by atoms with E-state index in [1.165, 1.54) is 0 Å². The average Bonchev–Trinajstić information content (AvgIpc) is 2.86. The van der Waals surface area contributed by atoms with Gasteiger partial charge in [-0.15, -0.1) is 0 Å². The van der Waals surface area contributed by atoms with Gasteiger partial charge in [-0.3, -0.25) is 4.79 Å². The second-order valence-corrected chi connectivity index (χ2v) is 7.84. The smallest absolute Gasteiger partial charge is 0.317 e. The number of piperazine rings is 1. The van der Waals surface area contributed by atoms with Crippen LogP contribution in [0.15, 0.2) is 36.3 Å². The van der Waals surface area contributed by atoms with Crippen molar-refractivity contribution in [3.05, 3.63) is 41.8 Å². The highest BCUT2D eigenvalue weighted by atomic mass is 19.1. The standard InChI is InChI=1S/C19H25FN4O2/c1-19(2,3)22-18(26)23-9-10-24-13(11-23)15(17(21)25)14(16(24)20)12-7-5-4-6-8-12/h4-8,13,15H,9-11H2,1-3H3,(H2,21,25)(H,22,26). The summed E-state index contributed by atoms with van der Waals surface area (Å²) in [7, 11) is 0. The molecule has 2 unspecified atom stereocenters. The zero-order valence-electron chi connectivity index (χ0n) is 15.3. The highest BCUT2D eigenvalue weighted by molar-refractivity contribution is 5.94. The van der Waals surface area contributed by atoms with Crippen LogP contribution in [0.5, 0.6) is 0 Å². The van der Waals surface area contributed by atoms with Crippen molar-refractivity contribution >= 4 is 17.5 Å². The number of urea groups is 1. The second-order valence-electron chi connectivity index (χ2n) is 7.84. The number of hydrogen-bond donors (Lipinski definition) is 2. The van der Waals surface area contributed by atoms with Crippen LogP contribution in [0.25, 0.3) is 5.57 Å². The molecule has 0 bridgehead atoms. The first-order valence-corrected chi connectivity index (χ1v) is 8.77. The second kappa shape index (κ2) is 6.63. The molecule has 7 heteroatoms. The zero-order chi connectivity index (χ0) is 19.1. The largest absolute Gasteiger partial charge is 0.369 e. The summed E-state index contributed by atoms with van der Waals surface area (Å²) < 4.78 is 15.1. The molecule has 0 spiro atoms. The van der Waals surface area contributed by atoms with Crippen molar-refractivity contribution in [1.82, 2.24) is 15.1 Å². The van der Waals surface area contributed by atoms with Crippen molar-refractivity contribution < 1.29 is 14.0 Å². The number of fused-ring (bicyclic) bond motifs is 1. The van der Waals surface area contributed by atoms with Crippen LogP contribution < -0.4 is 11.1 Å². The minimum absolute atomic E-state index is 0.214. The maximum Gasteiger partial charge on any atom is 0.317 e. The molecule has 0 saturated carbocycles. The van der Waals surface area contributed by atoms with E-state index in [-0.39, 0.29) is 18.1 Å². The molecule has 6 nitrogen and oxygen atoms in total. The number of carbonyl (C=O) groups excluding carboxylic acids is 2. The van der Waals surface area contributed by atoms with Gasteiger partial charge in [0, 0.05) is 30.7 Å². The van der Waals surface area contributed by atoms with Crippen LogP contribution in [0.3, 0.4) is 0 Å². The van der Waals surface area contributed by atoms with Gasteiger partial charge in [-0.25, -0.2) is 4.79 Å². The van der Waals surface area contributed by atoms with Gasteiger partial charge in [-0.05, 0) is 26.3 Å². The van der Waals surface area contributed by atoms with Gasteiger partial charge in [-0.2, -0.15) is 4.39 Å². The van der Waals surface area contributed by atoms with E-state index >= 15 is 4.39 Å². The molecule has 1 aromatic carbocycles. The summed E-state index contributed by atoms with van der Waals surface area (Å²) in [4.78, 5) is 27.8. The number of nitrogens with two attached hydrogens (primary N) is 1. The van der Waals surface area contributed by atoms with E-state index in [0.29, 0.717) is 24.2 Å². The van der Waals surface area contributed by atoms with Gasteiger partial charge in [0.25, 0.3) is 0 Å². The lowest BCUT2D eigenvalue weighted by atomic mass is 9.88. The van der Waals surface area contributed by atoms with Crippen molar-refractivity contribution in [2.75, 3.05) is 19.6 Å². The molecule has 2 aliphatic rings. The maximum atomic E-state index is 15.1. The molecule has 2 atom stereocenters. The van der Waals surface area contributed by atoms with Crippen LogP contribution in [0, 0.1) is 5.92 Å². The molecular weight excluding hydrogens is 335 g/mol. The van der Waals surface area contributed by atoms with Crippen molar-refractivity contribution in [3.63, 3.8) is 0 Å². The van der Waals surface area contributed by atoms with Gasteiger partial charge >= 0.3 is 6.03 Å². The number of nitrogens with zero attached hydrogens (tertiary/aromatic N) is 2. The lowest BCUT2D eigenvalue weighted by Gasteiger charge is -2.40. The summed E-state index contributed by atoms with van der Waals surface area (Å²) in [5.41, 5.74) is 6.23. The van der Waals surface area contributed by atoms with E-state index in [0.717, 1.165) is 0 Å². The molecule has 0 radical (unpaired) electrons. The third kappa shape index (κ3) is 3.38. The Hall–Kier alpha value is -2.57. The number of benzene rings is 1. The van der Waals surface area contributed by atoms with E-state index in [1.807, 2.05) is 26.8 Å². The van der Waals surface area contributed by atoms with E-state index in [2.05, 4.69) is 5.32 Å². The first-order chi connectivity index (χ1) is 12.2. The van der Waals surface area contributed by atoms with Gasteiger partial charge in [-0.1, -0.05) is 30.3 Å². The summed E-state index contributed by atoms with van der Waals surface area (Å²) in [6, 6.07) is 8.28. The number of rotatable bonds is 2. The van der Waals surface area contributed by atoms with Crippen molar-refractivity contribution in [2.24, 2.45) is 11.7 Å². The summed E-state index contributed by atoms with van der Waals surface area (Å²) in [6.07, 6.45) is 0. The molecule has 3 N–H and O–H groups in total.